The van der Waals surface area contributed by atoms with Gasteiger partial charge in [-0.15, -0.1) is 0 Å². The highest BCUT2D eigenvalue weighted by molar-refractivity contribution is 5.96. The lowest BCUT2D eigenvalue weighted by Crippen LogP contribution is -2.26. The molecule has 0 saturated carbocycles. The standard InChI is InChI=1S/C28H28FN3O3/c1-18-10-19(2)12-24(11-18)35-17-23(33)16-32-26-9-4-3-8-25(26)30-28(32)20-13-27(34)31(15-20)22-7-5-6-21(29)14-22/h3-12,14,20,23,33H,13,15-17H2,1-2H3/t20-,23+/m1/s1. The maximum Gasteiger partial charge on any atom is 0.227 e. The summed E-state index contributed by atoms with van der Waals surface area (Å²) in [5.41, 5.74) is 4.45. The minimum Gasteiger partial charge on any atom is -0.491 e. The largest absolute Gasteiger partial charge is 0.491 e. The van der Waals surface area contributed by atoms with Crippen LogP contribution in [0.15, 0.2) is 66.7 Å². The van der Waals surface area contributed by atoms with Crippen molar-refractivity contribution >= 4 is 22.6 Å². The van der Waals surface area contributed by atoms with Crippen molar-refractivity contribution < 1.29 is 19.0 Å². The number of nitrogens with zero attached hydrogens (tertiary/aromatic N) is 3. The number of imidazole rings is 1. The second-order valence-electron chi connectivity index (χ2n) is 9.24. The molecule has 0 spiro atoms. The van der Waals surface area contributed by atoms with E-state index in [1.54, 1.807) is 17.0 Å². The van der Waals surface area contributed by atoms with Crippen LogP contribution in [0.1, 0.15) is 29.3 Å². The van der Waals surface area contributed by atoms with Crippen LogP contribution in [0.5, 0.6) is 5.75 Å². The Morgan fingerprint density at radius 3 is 2.63 bits per heavy atom. The van der Waals surface area contributed by atoms with Crippen LogP contribution in [0.4, 0.5) is 10.1 Å². The summed E-state index contributed by atoms with van der Waals surface area (Å²) in [6.45, 7) is 4.84. The molecule has 0 aliphatic carbocycles. The van der Waals surface area contributed by atoms with Gasteiger partial charge in [-0.05, 0) is 67.4 Å². The van der Waals surface area contributed by atoms with E-state index in [2.05, 4.69) is 6.07 Å². The van der Waals surface area contributed by atoms with Crippen molar-refractivity contribution in [3.8, 4) is 5.75 Å². The first kappa shape index (κ1) is 23.1. The number of anilines is 1. The van der Waals surface area contributed by atoms with Gasteiger partial charge < -0.3 is 19.3 Å². The summed E-state index contributed by atoms with van der Waals surface area (Å²) >= 11 is 0. The fourth-order valence-electron chi connectivity index (χ4n) is 4.84. The number of ether oxygens (including phenoxy) is 1. The molecule has 0 radical (unpaired) electrons. The van der Waals surface area contributed by atoms with Crippen molar-refractivity contribution in [3.05, 3.63) is 89.5 Å². The molecule has 2 atom stereocenters. The number of aromatic nitrogens is 2. The maximum atomic E-state index is 13.8. The van der Waals surface area contributed by atoms with Crippen LogP contribution in [0.3, 0.4) is 0 Å². The lowest BCUT2D eigenvalue weighted by Gasteiger charge is -2.19. The van der Waals surface area contributed by atoms with Crippen molar-refractivity contribution in [3.63, 3.8) is 0 Å². The van der Waals surface area contributed by atoms with Crippen LogP contribution in [0.2, 0.25) is 0 Å². The summed E-state index contributed by atoms with van der Waals surface area (Å²) in [5.74, 6) is 0.842. The van der Waals surface area contributed by atoms with Gasteiger partial charge in [0, 0.05) is 24.6 Å². The fourth-order valence-corrected chi connectivity index (χ4v) is 4.84. The van der Waals surface area contributed by atoms with Gasteiger partial charge in [0.25, 0.3) is 0 Å². The maximum absolute atomic E-state index is 13.8. The Balaban J connectivity index is 1.38. The number of halogens is 1. The van der Waals surface area contributed by atoms with E-state index in [-0.39, 0.29) is 37.2 Å². The van der Waals surface area contributed by atoms with Crippen molar-refractivity contribution in [2.45, 2.75) is 38.8 Å². The Labute approximate surface area is 203 Å². The molecule has 1 aliphatic heterocycles. The number of aliphatic hydroxyl groups excluding tert-OH is 1. The summed E-state index contributed by atoms with van der Waals surface area (Å²) in [6, 6.07) is 19.8. The molecule has 0 unspecified atom stereocenters. The van der Waals surface area contributed by atoms with E-state index < -0.39 is 6.10 Å². The Morgan fingerprint density at radius 2 is 1.86 bits per heavy atom. The van der Waals surface area contributed by atoms with E-state index in [9.17, 15) is 14.3 Å². The van der Waals surface area contributed by atoms with Gasteiger partial charge >= 0.3 is 0 Å². The average Bonchev–Trinajstić information content (AvgIpc) is 3.38. The van der Waals surface area contributed by atoms with Gasteiger partial charge in [-0.3, -0.25) is 4.79 Å². The van der Waals surface area contributed by atoms with E-state index in [1.165, 1.54) is 12.1 Å². The highest BCUT2D eigenvalue weighted by atomic mass is 19.1. The molecule has 2 heterocycles. The zero-order valence-corrected chi connectivity index (χ0v) is 19.8. The summed E-state index contributed by atoms with van der Waals surface area (Å²) in [4.78, 5) is 19.3. The molecule has 35 heavy (non-hydrogen) atoms. The minimum absolute atomic E-state index is 0.0714. The number of aliphatic hydroxyl groups is 1. The van der Waals surface area contributed by atoms with E-state index in [0.717, 1.165) is 33.7 Å². The molecule has 1 N–H and O–H groups in total. The first-order valence-electron chi connectivity index (χ1n) is 11.8. The Hall–Kier alpha value is -3.71. The Morgan fingerprint density at radius 1 is 1.09 bits per heavy atom. The van der Waals surface area contributed by atoms with E-state index in [1.807, 2.05) is 54.8 Å². The molecular weight excluding hydrogens is 445 g/mol. The third-order valence-electron chi connectivity index (χ3n) is 6.33. The summed E-state index contributed by atoms with van der Waals surface area (Å²) < 4.78 is 21.6. The molecule has 4 aromatic rings. The molecule has 1 aromatic heterocycles. The minimum atomic E-state index is -0.774. The normalized spacial score (nSPS) is 16.7. The highest BCUT2D eigenvalue weighted by Gasteiger charge is 2.35. The zero-order chi connectivity index (χ0) is 24.5. The number of fused-ring (bicyclic) bond motifs is 1. The van der Waals surface area contributed by atoms with Gasteiger partial charge in [0.1, 0.15) is 30.1 Å². The number of benzene rings is 3. The molecule has 1 fully saturated rings. The number of hydrogen-bond donors (Lipinski definition) is 1. The third-order valence-corrected chi connectivity index (χ3v) is 6.33. The van der Waals surface area contributed by atoms with Gasteiger partial charge in [-0.2, -0.15) is 0 Å². The van der Waals surface area contributed by atoms with Gasteiger partial charge in [0.05, 0.1) is 17.6 Å². The Kier molecular flexibility index (Phi) is 6.26. The SMILES string of the molecule is Cc1cc(C)cc(OC[C@@H](O)Cn2c([C@@H]3CC(=O)N(c4cccc(F)c4)C3)nc3ccccc32)c1. The molecule has 3 aromatic carbocycles. The van der Waals surface area contributed by atoms with Crippen LogP contribution >= 0.6 is 0 Å². The van der Waals surface area contributed by atoms with Crippen LogP contribution < -0.4 is 9.64 Å². The summed E-state index contributed by atoms with van der Waals surface area (Å²) in [6.07, 6.45) is -0.502. The monoisotopic (exact) mass is 473 g/mol. The van der Waals surface area contributed by atoms with E-state index in [0.29, 0.717) is 12.2 Å². The number of para-hydroxylation sites is 2. The molecule has 180 valence electrons. The third kappa shape index (κ3) is 4.91. The van der Waals surface area contributed by atoms with Crippen LogP contribution in [-0.4, -0.2) is 39.8 Å². The quantitative estimate of drug-likeness (QED) is 0.421. The molecule has 0 bridgehead atoms. The predicted octanol–water partition coefficient (Wildman–Crippen LogP) is 4.75. The lowest BCUT2D eigenvalue weighted by atomic mass is 10.1. The molecule has 1 aliphatic rings. The second-order valence-corrected chi connectivity index (χ2v) is 9.24. The van der Waals surface area contributed by atoms with Crippen molar-refractivity contribution in [1.29, 1.82) is 0 Å². The molecule has 1 saturated heterocycles. The molecule has 7 heteroatoms. The van der Waals surface area contributed by atoms with Crippen molar-refractivity contribution in [1.82, 2.24) is 9.55 Å². The molecule has 1 amide bonds. The van der Waals surface area contributed by atoms with Crippen molar-refractivity contribution in [2.24, 2.45) is 0 Å². The number of rotatable bonds is 7. The Bertz CT molecular complexity index is 1360. The number of aryl methyl sites for hydroxylation is 2. The van der Waals surface area contributed by atoms with E-state index in [4.69, 9.17) is 9.72 Å². The topological polar surface area (TPSA) is 67.6 Å². The fraction of sp³-hybridized carbons (Fsp3) is 0.286. The van der Waals surface area contributed by atoms with Gasteiger partial charge in [-0.25, -0.2) is 9.37 Å². The molecular formula is C28H28FN3O3. The van der Waals surface area contributed by atoms with Gasteiger partial charge in [-0.1, -0.05) is 24.3 Å². The molecule has 6 nitrogen and oxygen atoms in total. The number of carbonyl (C=O) groups is 1. The zero-order valence-electron chi connectivity index (χ0n) is 19.8. The second kappa shape index (κ2) is 9.50. The number of hydrogen-bond acceptors (Lipinski definition) is 4. The first-order chi connectivity index (χ1) is 16.9. The smallest absolute Gasteiger partial charge is 0.227 e. The number of carbonyl (C=O) groups excluding carboxylic acids is 1. The summed E-state index contributed by atoms with van der Waals surface area (Å²) in [5, 5.41) is 10.9. The van der Waals surface area contributed by atoms with Crippen molar-refractivity contribution in [2.75, 3.05) is 18.1 Å². The average molecular weight is 474 g/mol. The predicted molar refractivity (Wildman–Crippen MR) is 133 cm³/mol. The summed E-state index contributed by atoms with van der Waals surface area (Å²) in [7, 11) is 0. The van der Waals surface area contributed by atoms with Crippen LogP contribution in [0.25, 0.3) is 11.0 Å². The van der Waals surface area contributed by atoms with Crippen LogP contribution in [0, 0.1) is 19.7 Å². The van der Waals surface area contributed by atoms with Gasteiger partial charge in [0.15, 0.2) is 0 Å². The lowest BCUT2D eigenvalue weighted by molar-refractivity contribution is -0.117. The molecule has 5 rings (SSSR count). The number of amides is 1. The highest BCUT2D eigenvalue weighted by Crippen LogP contribution is 2.33. The van der Waals surface area contributed by atoms with Crippen LogP contribution in [-0.2, 0) is 11.3 Å². The van der Waals surface area contributed by atoms with E-state index >= 15 is 0 Å². The first-order valence-corrected chi connectivity index (χ1v) is 11.8. The van der Waals surface area contributed by atoms with Gasteiger partial charge in [0.2, 0.25) is 5.91 Å².